The van der Waals surface area contributed by atoms with Crippen LogP contribution in [0.25, 0.3) is 0 Å². The van der Waals surface area contributed by atoms with E-state index in [1.807, 2.05) is 0 Å². The van der Waals surface area contributed by atoms with Gasteiger partial charge in [-0.1, -0.05) is 203 Å². The maximum absolute atomic E-state index is 13.9. The Morgan fingerprint density at radius 2 is 0.873 bits per heavy atom. The number of hydrogen-bond acceptors (Lipinski definition) is 10. The fourth-order valence-electron chi connectivity index (χ4n) is 7.82. The number of esters is 4. The van der Waals surface area contributed by atoms with Crippen LogP contribution >= 0.6 is 0 Å². The zero-order valence-corrected chi connectivity index (χ0v) is 38.5. The van der Waals surface area contributed by atoms with Crippen LogP contribution in [0.3, 0.4) is 0 Å². The highest BCUT2D eigenvalue weighted by Gasteiger charge is 2.54. The van der Waals surface area contributed by atoms with Gasteiger partial charge in [-0.25, -0.2) is 9.69 Å². The van der Waals surface area contributed by atoms with Crippen molar-refractivity contribution >= 4 is 35.8 Å². The molecule has 0 bridgehead atoms. The Labute approximate surface area is 376 Å². The minimum absolute atomic E-state index is 0.120. The molecule has 0 aliphatic carbocycles. The van der Waals surface area contributed by atoms with Gasteiger partial charge in [-0.05, 0) is 30.9 Å². The van der Waals surface area contributed by atoms with Crippen molar-refractivity contribution in [2.45, 2.75) is 206 Å². The summed E-state index contributed by atoms with van der Waals surface area (Å²) in [7, 11) is 0. The van der Waals surface area contributed by atoms with Crippen LogP contribution in [0, 0.1) is 0 Å². The van der Waals surface area contributed by atoms with E-state index in [0.717, 1.165) is 43.4 Å². The first-order valence-electron chi connectivity index (χ1n) is 24.1. The zero-order chi connectivity index (χ0) is 45.5. The number of carbonyl (C=O) groups excluding carboxylic acids is 6. The smallest absolute Gasteiger partial charge is 0.328 e. The number of amides is 3. The van der Waals surface area contributed by atoms with Gasteiger partial charge >= 0.3 is 29.9 Å². The lowest BCUT2D eigenvalue weighted by molar-refractivity contribution is -0.213. The monoisotopic (exact) mass is 877 g/mol. The highest BCUT2D eigenvalue weighted by Crippen LogP contribution is 2.36. The third-order valence-corrected chi connectivity index (χ3v) is 11.6. The van der Waals surface area contributed by atoms with E-state index < -0.39 is 73.3 Å². The average Bonchev–Trinajstić information content (AvgIpc) is 3.54. The number of hydrogen-bond donors (Lipinski definition) is 1. The molecule has 2 atom stereocenters. The molecular weight excluding hydrogens is 801 g/mol. The highest BCUT2D eigenvalue weighted by atomic mass is 16.7. The molecule has 0 radical (unpaired) electrons. The van der Waals surface area contributed by atoms with Crippen molar-refractivity contribution in [2.24, 2.45) is 0 Å². The zero-order valence-electron chi connectivity index (χ0n) is 38.5. The fourth-order valence-corrected chi connectivity index (χ4v) is 7.82. The van der Waals surface area contributed by atoms with Crippen LogP contribution in [0.5, 0.6) is 0 Å². The predicted molar refractivity (Wildman–Crippen MR) is 243 cm³/mol. The molecule has 350 valence electrons. The number of benzene rings is 2. The summed E-state index contributed by atoms with van der Waals surface area (Å²) in [6, 6.07) is 16.8. The van der Waals surface area contributed by atoms with E-state index in [1.165, 1.54) is 96.8 Å². The molecule has 2 aromatic rings. The van der Waals surface area contributed by atoms with Gasteiger partial charge in [0.25, 0.3) is 12.2 Å². The molecule has 12 heteroatoms. The average molecular weight is 877 g/mol. The summed E-state index contributed by atoms with van der Waals surface area (Å²) < 4.78 is 21.9. The van der Waals surface area contributed by atoms with Crippen LogP contribution in [-0.4, -0.2) is 59.8 Å². The molecule has 0 aromatic heterocycles. The molecule has 3 rings (SSSR count). The van der Waals surface area contributed by atoms with Gasteiger partial charge in [0.15, 0.2) is 18.4 Å². The number of ether oxygens (including phenoxy) is 4. The number of rotatable bonds is 35. The molecule has 63 heavy (non-hydrogen) atoms. The lowest BCUT2D eigenvalue weighted by Crippen LogP contribution is -2.45. The van der Waals surface area contributed by atoms with Gasteiger partial charge in [0.2, 0.25) is 0 Å². The van der Waals surface area contributed by atoms with E-state index in [2.05, 4.69) is 19.2 Å². The van der Waals surface area contributed by atoms with Gasteiger partial charge in [-0.3, -0.25) is 24.0 Å². The molecule has 1 N–H and O–H groups in total. The first-order valence-corrected chi connectivity index (χ1v) is 24.1. The summed E-state index contributed by atoms with van der Waals surface area (Å²) in [5.41, 5.74) is -0.453. The Balaban J connectivity index is 1.48. The van der Waals surface area contributed by atoms with Gasteiger partial charge in [0, 0.05) is 12.8 Å². The number of urea groups is 1. The van der Waals surface area contributed by atoms with Gasteiger partial charge in [0.05, 0.1) is 12.8 Å². The van der Waals surface area contributed by atoms with Gasteiger partial charge in [0.1, 0.15) is 0 Å². The molecule has 1 fully saturated rings. The quantitative estimate of drug-likeness (QED) is 0.0233. The Hall–Kier alpha value is -4.74. The van der Waals surface area contributed by atoms with E-state index in [-0.39, 0.29) is 12.8 Å². The molecule has 1 saturated heterocycles. The number of imide groups is 1. The molecule has 2 aromatic carbocycles. The molecule has 3 amide bonds. The van der Waals surface area contributed by atoms with Gasteiger partial charge in [-0.2, -0.15) is 0 Å². The normalized spacial score (nSPS) is 14.2. The molecule has 1 aliphatic rings. The van der Waals surface area contributed by atoms with E-state index in [1.54, 1.807) is 60.7 Å². The summed E-state index contributed by atoms with van der Waals surface area (Å²) in [5.74, 6) is -3.42. The van der Waals surface area contributed by atoms with Crippen LogP contribution in [0.4, 0.5) is 4.79 Å². The standard InChI is InChI=1S/C51H76N2O10/c1-4-6-8-10-12-14-16-18-20-22-30-36-45(55)61-41(3)48(62-46(56)37-31-23-21-19-17-15-13-11-9-7-5-2)63-47(57)39-38-44(54)60-40-53-49(58)51(52-50(53)59,42-32-26-24-27-33-42)43-34-28-25-29-35-43/h24-29,32-35,41,48H,4-23,30-31,36-40H2,1-3H3,(H,52,59). The third-order valence-electron chi connectivity index (χ3n) is 11.6. The Morgan fingerprint density at radius 3 is 1.30 bits per heavy atom. The molecule has 2 unspecified atom stereocenters. The molecule has 12 nitrogen and oxygen atoms in total. The molecule has 0 spiro atoms. The van der Waals surface area contributed by atoms with Gasteiger partial charge in [-0.15, -0.1) is 0 Å². The van der Waals surface area contributed by atoms with Crippen molar-refractivity contribution in [1.82, 2.24) is 10.2 Å². The first kappa shape index (κ1) is 52.6. The number of nitrogens with zero attached hydrogens (tertiary/aromatic N) is 1. The summed E-state index contributed by atoms with van der Waals surface area (Å²) >= 11 is 0. The van der Waals surface area contributed by atoms with Crippen LogP contribution in [0.1, 0.15) is 199 Å². The largest absolute Gasteiger partial charge is 0.455 e. The number of unbranched alkanes of at least 4 members (excludes halogenated alkanes) is 20. The van der Waals surface area contributed by atoms with E-state index >= 15 is 0 Å². The van der Waals surface area contributed by atoms with Crippen LogP contribution in [-0.2, 0) is 48.5 Å². The lowest BCUT2D eigenvalue weighted by Gasteiger charge is -2.27. The van der Waals surface area contributed by atoms with Crippen LogP contribution in [0.15, 0.2) is 60.7 Å². The predicted octanol–water partition coefficient (Wildman–Crippen LogP) is 11.5. The summed E-state index contributed by atoms with van der Waals surface area (Å²) in [6.45, 7) is 5.27. The number of carbonyl (C=O) groups is 6. The lowest BCUT2D eigenvalue weighted by atomic mass is 9.83. The third kappa shape index (κ3) is 19.7. The molecular formula is C51H76N2O10. The van der Waals surface area contributed by atoms with Crippen molar-refractivity contribution in [3.63, 3.8) is 0 Å². The van der Waals surface area contributed by atoms with E-state index in [4.69, 9.17) is 18.9 Å². The second kappa shape index (κ2) is 31.2. The molecule has 1 heterocycles. The minimum atomic E-state index is -1.53. The SMILES string of the molecule is CCCCCCCCCCCCCC(=O)OC(C)C(OC(=O)CCCCCCCCCCCCC)OC(=O)CCC(=O)OCN1C(=O)NC(c2ccccc2)(c2ccccc2)C1=O. The second-order valence-corrected chi connectivity index (χ2v) is 16.9. The van der Waals surface area contributed by atoms with Crippen molar-refractivity contribution in [1.29, 1.82) is 0 Å². The Morgan fingerprint density at radius 1 is 0.508 bits per heavy atom. The summed E-state index contributed by atoms with van der Waals surface area (Å²) in [5, 5.41) is 2.79. The molecule has 0 saturated carbocycles. The van der Waals surface area contributed by atoms with Crippen molar-refractivity contribution in [2.75, 3.05) is 6.73 Å². The van der Waals surface area contributed by atoms with E-state index in [0.29, 0.717) is 24.0 Å². The maximum atomic E-state index is 13.9. The van der Waals surface area contributed by atoms with E-state index in [9.17, 15) is 28.8 Å². The summed E-state index contributed by atoms with van der Waals surface area (Å²) in [4.78, 5) is 79.5. The minimum Gasteiger partial charge on any atom is -0.455 e. The fraction of sp³-hybridized carbons (Fsp3) is 0.647. The van der Waals surface area contributed by atoms with Crippen molar-refractivity contribution < 1.29 is 47.7 Å². The van der Waals surface area contributed by atoms with Crippen molar-refractivity contribution in [3.8, 4) is 0 Å². The number of nitrogens with one attached hydrogen (secondary N) is 1. The van der Waals surface area contributed by atoms with Crippen molar-refractivity contribution in [3.05, 3.63) is 71.8 Å². The Kier molecular flexibility index (Phi) is 26.0. The first-order chi connectivity index (χ1) is 30.6. The topological polar surface area (TPSA) is 155 Å². The van der Waals surface area contributed by atoms with Gasteiger partial charge < -0.3 is 24.3 Å². The molecule has 1 aliphatic heterocycles. The maximum Gasteiger partial charge on any atom is 0.328 e. The Bertz CT molecular complexity index is 1600. The second-order valence-electron chi connectivity index (χ2n) is 16.9. The summed E-state index contributed by atoms with van der Waals surface area (Å²) in [6.07, 6.45) is 21.8. The van der Waals surface area contributed by atoms with Crippen LogP contribution < -0.4 is 5.32 Å². The highest BCUT2D eigenvalue weighted by molar-refractivity contribution is 6.09. The van der Waals surface area contributed by atoms with Crippen LogP contribution in [0.2, 0.25) is 0 Å².